The first-order valence-electron chi connectivity index (χ1n) is 8.89. The predicted octanol–water partition coefficient (Wildman–Crippen LogP) is 3.81. The molecule has 1 fully saturated rings. The molecule has 2 aromatic rings. The minimum absolute atomic E-state index is 0.149. The Morgan fingerprint density at radius 2 is 2.17 bits per heavy atom. The molecule has 1 unspecified atom stereocenters. The second-order valence-electron chi connectivity index (χ2n) is 7.01. The Bertz CT molecular complexity index is 797. The van der Waals surface area contributed by atoms with Crippen LogP contribution in [-0.2, 0) is 17.8 Å². The Balaban J connectivity index is 1.91. The van der Waals surface area contributed by atoms with Gasteiger partial charge in [0.05, 0.1) is 5.52 Å². The van der Waals surface area contributed by atoms with Crippen LogP contribution in [0.15, 0.2) is 18.2 Å². The molecule has 2 aliphatic heterocycles. The number of fused-ring (bicyclic) bond motifs is 3. The van der Waals surface area contributed by atoms with Gasteiger partial charge in [0.2, 0.25) is 5.91 Å². The highest BCUT2D eigenvalue weighted by Crippen LogP contribution is 2.39. The van der Waals surface area contributed by atoms with Crippen molar-refractivity contribution in [2.75, 3.05) is 20.1 Å². The van der Waals surface area contributed by atoms with E-state index in [9.17, 15) is 4.79 Å². The number of nitrogens with zero attached hydrogens (tertiary/aromatic N) is 3. The molecule has 3 heterocycles. The normalized spacial score (nSPS) is 21.5. The van der Waals surface area contributed by atoms with E-state index in [0.717, 1.165) is 43.9 Å². The first kappa shape index (κ1) is 16.0. The van der Waals surface area contributed by atoms with Crippen LogP contribution >= 0.6 is 11.6 Å². The van der Waals surface area contributed by atoms with Crippen molar-refractivity contribution in [3.63, 3.8) is 0 Å². The minimum Gasteiger partial charge on any atom is -0.322 e. The van der Waals surface area contributed by atoms with Crippen molar-refractivity contribution in [3.8, 4) is 0 Å². The third-order valence-corrected chi connectivity index (χ3v) is 5.72. The van der Waals surface area contributed by atoms with Crippen LogP contribution < -0.4 is 0 Å². The van der Waals surface area contributed by atoms with Gasteiger partial charge in [0.15, 0.2) is 0 Å². The van der Waals surface area contributed by atoms with Crippen LogP contribution in [0.4, 0.5) is 0 Å². The predicted molar refractivity (Wildman–Crippen MR) is 97.3 cm³/mol. The highest BCUT2D eigenvalue weighted by atomic mass is 35.5. The number of rotatable bonds is 2. The van der Waals surface area contributed by atoms with Crippen LogP contribution in [0.5, 0.6) is 0 Å². The number of carbonyl (C=O) groups is 1. The second-order valence-corrected chi connectivity index (χ2v) is 7.44. The number of amides is 1. The van der Waals surface area contributed by atoms with Gasteiger partial charge in [0, 0.05) is 42.2 Å². The van der Waals surface area contributed by atoms with Gasteiger partial charge >= 0.3 is 0 Å². The molecule has 4 rings (SSSR count). The Morgan fingerprint density at radius 1 is 1.33 bits per heavy atom. The standard InChI is InChI=1S/C19H24ClN3O/c1-3-19(24)22-9-4-5-18(22)23-16-7-6-13(20)11-15(16)14-8-10-21(2)12-17(14)23/h6-7,11,18H,3-5,8-10,12H2,1-2H3. The largest absolute Gasteiger partial charge is 0.322 e. The molecular weight excluding hydrogens is 322 g/mol. The molecule has 1 aromatic carbocycles. The number of hydrogen-bond acceptors (Lipinski definition) is 2. The number of carbonyl (C=O) groups excluding carboxylic acids is 1. The molecule has 5 heteroatoms. The first-order chi connectivity index (χ1) is 11.6. The molecule has 0 aliphatic carbocycles. The Hall–Kier alpha value is -1.52. The van der Waals surface area contributed by atoms with Crippen molar-refractivity contribution in [3.05, 3.63) is 34.5 Å². The molecule has 4 nitrogen and oxygen atoms in total. The molecule has 0 spiro atoms. The third kappa shape index (κ3) is 2.44. The summed E-state index contributed by atoms with van der Waals surface area (Å²) in [5, 5.41) is 2.05. The second kappa shape index (κ2) is 6.08. The molecule has 1 atom stereocenters. The molecule has 0 N–H and O–H groups in total. The van der Waals surface area contributed by atoms with E-state index in [0.29, 0.717) is 6.42 Å². The lowest BCUT2D eigenvalue weighted by atomic mass is 10.0. The number of halogens is 1. The fraction of sp³-hybridized carbons (Fsp3) is 0.526. The first-order valence-corrected chi connectivity index (χ1v) is 9.27. The molecule has 24 heavy (non-hydrogen) atoms. The van der Waals surface area contributed by atoms with Crippen LogP contribution in [0.2, 0.25) is 5.02 Å². The van der Waals surface area contributed by atoms with Gasteiger partial charge in [-0.1, -0.05) is 18.5 Å². The van der Waals surface area contributed by atoms with Crippen molar-refractivity contribution in [1.82, 2.24) is 14.4 Å². The van der Waals surface area contributed by atoms with Gasteiger partial charge in [0.1, 0.15) is 6.17 Å². The van der Waals surface area contributed by atoms with Gasteiger partial charge in [-0.05, 0) is 50.1 Å². The maximum absolute atomic E-state index is 12.4. The third-order valence-electron chi connectivity index (χ3n) is 5.49. The van der Waals surface area contributed by atoms with E-state index in [1.54, 1.807) is 0 Å². The molecule has 1 aromatic heterocycles. The quantitative estimate of drug-likeness (QED) is 0.828. The van der Waals surface area contributed by atoms with Crippen molar-refractivity contribution in [2.45, 2.75) is 45.3 Å². The average molecular weight is 346 g/mol. The zero-order valence-corrected chi connectivity index (χ0v) is 15.1. The molecule has 0 saturated carbocycles. The summed E-state index contributed by atoms with van der Waals surface area (Å²) in [4.78, 5) is 16.9. The number of benzene rings is 1. The van der Waals surface area contributed by atoms with E-state index in [2.05, 4.69) is 33.5 Å². The highest BCUT2D eigenvalue weighted by molar-refractivity contribution is 6.31. The summed E-state index contributed by atoms with van der Waals surface area (Å²) in [6.07, 6.45) is 3.88. The minimum atomic E-state index is 0.149. The summed E-state index contributed by atoms with van der Waals surface area (Å²) in [7, 11) is 2.17. The molecule has 1 amide bonds. The molecule has 0 radical (unpaired) electrons. The van der Waals surface area contributed by atoms with Crippen LogP contribution in [0.3, 0.4) is 0 Å². The van der Waals surface area contributed by atoms with Gasteiger partial charge in [-0.25, -0.2) is 0 Å². The summed E-state index contributed by atoms with van der Waals surface area (Å²) in [6.45, 7) is 4.83. The summed E-state index contributed by atoms with van der Waals surface area (Å²) >= 11 is 6.28. The van der Waals surface area contributed by atoms with Crippen molar-refractivity contribution in [2.24, 2.45) is 0 Å². The summed E-state index contributed by atoms with van der Waals surface area (Å²) in [5.41, 5.74) is 4.00. The van der Waals surface area contributed by atoms with Crippen molar-refractivity contribution in [1.29, 1.82) is 0 Å². The average Bonchev–Trinajstić information content (AvgIpc) is 3.15. The maximum Gasteiger partial charge on any atom is 0.223 e. The van der Waals surface area contributed by atoms with E-state index >= 15 is 0 Å². The van der Waals surface area contributed by atoms with Crippen molar-refractivity contribution < 1.29 is 4.79 Å². The van der Waals surface area contributed by atoms with Crippen LogP contribution in [0.25, 0.3) is 10.9 Å². The van der Waals surface area contributed by atoms with Crippen LogP contribution in [0, 0.1) is 0 Å². The van der Waals surface area contributed by atoms with E-state index in [4.69, 9.17) is 11.6 Å². The van der Waals surface area contributed by atoms with Crippen LogP contribution in [-0.4, -0.2) is 40.4 Å². The summed E-state index contributed by atoms with van der Waals surface area (Å²) < 4.78 is 2.43. The van der Waals surface area contributed by atoms with E-state index in [1.165, 1.54) is 22.2 Å². The van der Waals surface area contributed by atoms with E-state index < -0.39 is 0 Å². The summed E-state index contributed by atoms with van der Waals surface area (Å²) in [5.74, 6) is 0.256. The lowest BCUT2D eigenvalue weighted by Gasteiger charge is -2.31. The molecule has 2 aliphatic rings. The van der Waals surface area contributed by atoms with Gasteiger partial charge in [-0.3, -0.25) is 4.79 Å². The number of likely N-dealkylation sites (N-methyl/N-ethyl adjacent to an activating group) is 1. The smallest absolute Gasteiger partial charge is 0.223 e. The molecule has 1 saturated heterocycles. The Labute approximate surface area is 148 Å². The summed E-state index contributed by atoms with van der Waals surface area (Å²) in [6, 6.07) is 6.19. The zero-order chi connectivity index (χ0) is 16.8. The number of aromatic nitrogens is 1. The Morgan fingerprint density at radius 3 is 2.96 bits per heavy atom. The van der Waals surface area contributed by atoms with Gasteiger partial charge in [0.25, 0.3) is 0 Å². The van der Waals surface area contributed by atoms with Crippen LogP contribution in [0.1, 0.15) is 43.6 Å². The SMILES string of the molecule is CCC(=O)N1CCCC1n1c2c(c3cc(Cl)ccc31)CCN(C)C2. The highest BCUT2D eigenvalue weighted by Gasteiger charge is 2.33. The fourth-order valence-electron chi connectivity index (χ4n) is 4.35. The molecular formula is C19H24ClN3O. The van der Waals surface area contributed by atoms with Gasteiger partial charge < -0.3 is 14.4 Å². The lowest BCUT2D eigenvalue weighted by Crippen LogP contribution is -2.35. The van der Waals surface area contributed by atoms with Gasteiger partial charge in [-0.2, -0.15) is 0 Å². The van der Waals surface area contributed by atoms with E-state index in [-0.39, 0.29) is 12.1 Å². The molecule has 0 bridgehead atoms. The van der Waals surface area contributed by atoms with Gasteiger partial charge in [-0.15, -0.1) is 0 Å². The number of likely N-dealkylation sites (tertiary alicyclic amines) is 1. The Kier molecular flexibility index (Phi) is 4.05. The zero-order valence-electron chi connectivity index (χ0n) is 14.4. The lowest BCUT2D eigenvalue weighted by molar-refractivity contribution is -0.133. The maximum atomic E-state index is 12.4. The van der Waals surface area contributed by atoms with Crippen molar-refractivity contribution >= 4 is 28.4 Å². The molecule has 128 valence electrons. The fourth-order valence-corrected chi connectivity index (χ4v) is 4.52. The van der Waals surface area contributed by atoms with E-state index in [1.807, 2.05) is 13.0 Å². The monoisotopic (exact) mass is 345 g/mol. The topological polar surface area (TPSA) is 28.5 Å². The number of hydrogen-bond donors (Lipinski definition) is 0.